The van der Waals surface area contributed by atoms with Gasteiger partial charge in [0.1, 0.15) is 11.3 Å². The molecule has 0 unspecified atom stereocenters. The quantitative estimate of drug-likeness (QED) is 0.556. The summed E-state index contributed by atoms with van der Waals surface area (Å²) in [6.45, 7) is 0. The van der Waals surface area contributed by atoms with E-state index < -0.39 is 0 Å². The van der Waals surface area contributed by atoms with Crippen molar-refractivity contribution in [1.82, 2.24) is 4.98 Å². The highest BCUT2D eigenvalue weighted by Gasteiger charge is 2.02. The number of phenols is 1. The van der Waals surface area contributed by atoms with Gasteiger partial charge in [-0.15, -0.1) is 0 Å². The van der Waals surface area contributed by atoms with Crippen LogP contribution in [-0.4, -0.2) is 16.3 Å². The molecule has 0 fully saturated rings. The van der Waals surface area contributed by atoms with Crippen LogP contribution in [0.4, 0.5) is 6.01 Å². The number of anilines is 1. The Hall–Kier alpha value is -2.82. The molecule has 0 atom stereocenters. The number of aromatic hydroxyl groups is 1. The minimum Gasteiger partial charge on any atom is -0.508 e. The number of oxazole rings is 1. The van der Waals surface area contributed by atoms with Gasteiger partial charge in [-0.25, -0.2) is 5.43 Å². The highest BCUT2D eigenvalue weighted by atomic mass is 16.4. The number of hydrogen-bond donors (Lipinski definition) is 2. The Morgan fingerprint density at radius 1 is 1.16 bits per heavy atom. The van der Waals surface area contributed by atoms with Crippen molar-refractivity contribution in [2.75, 3.05) is 5.43 Å². The summed E-state index contributed by atoms with van der Waals surface area (Å²) in [5, 5.41) is 13.3. The lowest BCUT2D eigenvalue weighted by atomic mass is 10.2. The van der Waals surface area contributed by atoms with E-state index in [1.807, 2.05) is 30.3 Å². The number of hydrazone groups is 1. The molecule has 3 rings (SSSR count). The Labute approximate surface area is 109 Å². The molecule has 0 saturated heterocycles. The predicted octanol–water partition coefficient (Wildman–Crippen LogP) is 2.98. The van der Waals surface area contributed by atoms with Crippen LogP contribution in [0.15, 0.2) is 58.0 Å². The Kier molecular flexibility index (Phi) is 2.86. The first-order valence-corrected chi connectivity index (χ1v) is 5.75. The zero-order valence-corrected chi connectivity index (χ0v) is 9.95. The molecule has 5 heteroatoms. The normalized spacial score (nSPS) is 11.2. The van der Waals surface area contributed by atoms with Crippen LogP contribution in [0.2, 0.25) is 0 Å². The number of phenolic OH excluding ortho intramolecular Hbond substituents is 1. The van der Waals surface area contributed by atoms with Crippen LogP contribution in [0.3, 0.4) is 0 Å². The number of nitrogens with zero attached hydrogens (tertiary/aromatic N) is 2. The second-order valence-corrected chi connectivity index (χ2v) is 3.95. The summed E-state index contributed by atoms with van der Waals surface area (Å²) in [6.07, 6.45) is 1.58. The summed E-state index contributed by atoms with van der Waals surface area (Å²) in [5.41, 5.74) is 4.97. The van der Waals surface area contributed by atoms with Crippen molar-refractivity contribution < 1.29 is 9.52 Å². The minimum atomic E-state index is 0.200. The van der Waals surface area contributed by atoms with Crippen molar-refractivity contribution in [2.45, 2.75) is 0 Å². The lowest BCUT2D eigenvalue weighted by Gasteiger charge is -1.94. The second-order valence-electron chi connectivity index (χ2n) is 3.95. The molecule has 0 radical (unpaired) electrons. The standard InChI is InChI=1S/C14H11N3O2/c18-11-5-3-4-10(8-11)9-15-17-14-16-12-6-1-2-7-13(12)19-14/h1-9,18H,(H,16,17)/b15-9-. The summed E-state index contributed by atoms with van der Waals surface area (Å²) in [7, 11) is 0. The monoisotopic (exact) mass is 253 g/mol. The molecular weight excluding hydrogens is 242 g/mol. The van der Waals surface area contributed by atoms with Crippen molar-refractivity contribution in [3.8, 4) is 5.75 Å². The van der Waals surface area contributed by atoms with Gasteiger partial charge in [0.05, 0.1) is 6.21 Å². The first-order chi connectivity index (χ1) is 9.31. The molecule has 0 aliphatic heterocycles. The van der Waals surface area contributed by atoms with Gasteiger partial charge >= 0.3 is 6.01 Å². The van der Waals surface area contributed by atoms with Crippen LogP contribution < -0.4 is 5.43 Å². The molecule has 2 aromatic carbocycles. The Bertz CT molecular complexity index is 701. The zero-order chi connectivity index (χ0) is 13.1. The minimum absolute atomic E-state index is 0.200. The number of benzene rings is 2. The molecule has 19 heavy (non-hydrogen) atoms. The Balaban J connectivity index is 1.75. The number of nitrogens with one attached hydrogen (secondary N) is 1. The molecule has 0 spiro atoms. The van der Waals surface area contributed by atoms with Gasteiger partial charge in [0.2, 0.25) is 0 Å². The van der Waals surface area contributed by atoms with Crippen molar-refractivity contribution in [3.63, 3.8) is 0 Å². The van der Waals surface area contributed by atoms with Gasteiger partial charge in [-0.05, 0) is 29.8 Å². The number of para-hydroxylation sites is 2. The summed E-state index contributed by atoms with van der Waals surface area (Å²) < 4.78 is 5.44. The van der Waals surface area contributed by atoms with E-state index in [0.717, 1.165) is 11.1 Å². The van der Waals surface area contributed by atoms with E-state index in [-0.39, 0.29) is 5.75 Å². The number of fused-ring (bicyclic) bond motifs is 1. The highest BCUT2D eigenvalue weighted by molar-refractivity contribution is 5.80. The van der Waals surface area contributed by atoms with Crippen LogP contribution in [0.5, 0.6) is 5.75 Å². The topological polar surface area (TPSA) is 70.7 Å². The van der Waals surface area contributed by atoms with Crippen molar-refractivity contribution in [2.24, 2.45) is 5.10 Å². The van der Waals surface area contributed by atoms with E-state index >= 15 is 0 Å². The third-order valence-electron chi connectivity index (χ3n) is 2.54. The van der Waals surface area contributed by atoms with Gasteiger partial charge in [-0.1, -0.05) is 24.3 Å². The van der Waals surface area contributed by atoms with E-state index in [9.17, 15) is 5.11 Å². The third-order valence-corrected chi connectivity index (χ3v) is 2.54. The molecule has 1 aromatic heterocycles. The molecule has 3 aromatic rings. The van der Waals surface area contributed by atoms with E-state index in [2.05, 4.69) is 15.5 Å². The van der Waals surface area contributed by atoms with Gasteiger partial charge in [0.15, 0.2) is 5.58 Å². The molecule has 2 N–H and O–H groups in total. The van der Waals surface area contributed by atoms with E-state index in [1.165, 1.54) is 0 Å². The maximum absolute atomic E-state index is 9.31. The van der Waals surface area contributed by atoms with E-state index in [4.69, 9.17) is 4.42 Å². The molecule has 5 nitrogen and oxygen atoms in total. The average molecular weight is 253 g/mol. The Morgan fingerprint density at radius 3 is 2.89 bits per heavy atom. The molecule has 0 aliphatic carbocycles. The van der Waals surface area contributed by atoms with Crippen molar-refractivity contribution >= 4 is 23.3 Å². The fourth-order valence-electron chi connectivity index (χ4n) is 1.69. The second kappa shape index (κ2) is 4.81. The van der Waals surface area contributed by atoms with Crippen LogP contribution in [0.25, 0.3) is 11.1 Å². The number of hydrogen-bond acceptors (Lipinski definition) is 5. The van der Waals surface area contributed by atoms with Gasteiger partial charge < -0.3 is 9.52 Å². The average Bonchev–Trinajstić information content (AvgIpc) is 2.81. The maximum atomic E-state index is 9.31. The third kappa shape index (κ3) is 2.55. The fraction of sp³-hybridized carbons (Fsp3) is 0. The summed E-state index contributed by atoms with van der Waals surface area (Å²) in [4.78, 5) is 4.22. The molecule has 0 amide bonds. The summed E-state index contributed by atoms with van der Waals surface area (Å²) >= 11 is 0. The lowest BCUT2D eigenvalue weighted by molar-refractivity contribution is 0.475. The maximum Gasteiger partial charge on any atom is 0.316 e. The predicted molar refractivity (Wildman–Crippen MR) is 73.3 cm³/mol. The van der Waals surface area contributed by atoms with Crippen LogP contribution in [0.1, 0.15) is 5.56 Å². The van der Waals surface area contributed by atoms with Crippen molar-refractivity contribution in [1.29, 1.82) is 0 Å². The van der Waals surface area contributed by atoms with Gasteiger partial charge in [0.25, 0.3) is 0 Å². The van der Waals surface area contributed by atoms with Gasteiger partial charge in [-0.2, -0.15) is 10.1 Å². The van der Waals surface area contributed by atoms with Crippen LogP contribution >= 0.6 is 0 Å². The van der Waals surface area contributed by atoms with E-state index in [0.29, 0.717) is 11.6 Å². The summed E-state index contributed by atoms with van der Waals surface area (Å²) in [5.74, 6) is 0.200. The first-order valence-electron chi connectivity index (χ1n) is 5.75. The van der Waals surface area contributed by atoms with Crippen molar-refractivity contribution in [3.05, 3.63) is 54.1 Å². The molecule has 0 aliphatic rings. The molecular formula is C14H11N3O2. The smallest absolute Gasteiger partial charge is 0.316 e. The highest BCUT2D eigenvalue weighted by Crippen LogP contribution is 2.17. The molecule has 94 valence electrons. The summed E-state index contributed by atoms with van der Waals surface area (Å²) in [6, 6.07) is 14.6. The number of rotatable bonds is 3. The van der Waals surface area contributed by atoms with Crippen LogP contribution in [0, 0.1) is 0 Å². The molecule has 1 heterocycles. The zero-order valence-electron chi connectivity index (χ0n) is 9.95. The Morgan fingerprint density at radius 2 is 2.05 bits per heavy atom. The van der Waals surface area contributed by atoms with Gasteiger partial charge in [-0.3, -0.25) is 0 Å². The molecule has 0 bridgehead atoms. The lowest BCUT2D eigenvalue weighted by Crippen LogP contribution is -1.90. The largest absolute Gasteiger partial charge is 0.508 e. The van der Waals surface area contributed by atoms with Gasteiger partial charge in [0, 0.05) is 0 Å². The molecule has 0 saturated carbocycles. The van der Waals surface area contributed by atoms with Crippen LogP contribution in [-0.2, 0) is 0 Å². The van der Waals surface area contributed by atoms with E-state index in [1.54, 1.807) is 24.4 Å². The number of aromatic nitrogens is 1. The SMILES string of the molecule is Oc1cccc(/C=N\Nc2nc3ccccc3o2)c1. The fourth-order valence-corrected chi connectivity index (χ4v) is 1.69. The first kappa shape index (κ1) is 11.3.